The van der Waals surface area contributed by atoms with Crippen LogP contribution in [0.2, 0.25) is 0 Å². The molecule has 1 aromatic heterocycles. The van der Waals surface area contributed by atoms with Gasteiger partial charge >= 0.3 is 5.97 Å². The Morgan fingerprint density at radius 3 is 2.94 bits per heavy atom. The Kier molecular flexibility index (Phi) is 3.62. The predicted octanol–water partition coefficient (Wildman–Crippen LogP) is 2.00. The van der Waals surface area contributed by atoms with Gasteiger partial charge in [-0.05, 0) is 36.8 Å². The Hall–Kier alpha value is -2.30. The fourth-order valence-corrected chi connectivity index (χ4v) is 1.76. The Balaban J connectivity index is 1.94. The second kappa shape index (κ2) is 5.35. The number of carboxylic acid groups (broad SMARTS) is 1. The number of carbonyl (C=O) groups is 1. The lowest BCUT2D eigenvalue weighted by molar-refractivity contribution is 0.0696. The molecule has 2 aromatic rings. The topological polar surface area (TPSA) is 67.2 Å². The lowest BCUT2D eigenvalue weighted by atomic mass is 10.1. The smallest absolute Gasteiger partial charge is 0.335 e. The van der Waals surface area contributed by atoms with Gasteiger partial charge in [0.15, 0.2) is 0 Å². The highest BCUT2D eigenvalue weighted by Gasteiger charge is 2.06. The molecule has 0 bridgehead atoms. The van der Waals surface area contributed by atoms with Crippen LogP contribution in [0.1, 0.15) is 15.9 Å². The van der Waals surface area contributed by atoms with Crippen LogP contribution in [-0.4, -0.2) is 27.4 Å². The minimum Gasteiger partial charge on any atom is -0.478 e. The quantitative estimate of drug-likeness (QED) is 0.845. The third-order valence-corrected chi connectivity index (χ3v) is 2.69. The summed E-state index contributed by atoms with van der Waals surface area (Å²) < 4.78 is 1.84. The second-order valence-corrected chi connectivity index (χ2v) is 4.03. The molecule has 2 rings (SSSR count). The van der Waals surface area contributed by atoms with Crippen LogP contribution in [0.4, 0.5) is 5.69 Å². The highest BCUT2D eigenvalue weighted by atomic mass is 16.4. The maximum atomic E-state index is 10.9. The molecule has 0 spiro atoms. The molecule has 0 fully saturated rings. The van der Waals surface area contributed by atoms with Gasteiger partial charge in [0.1, 0.15) is 0 Å². The van der Waals surface area contributed by atoms with E-state index in [1.807, 2.05) is 23.0 Å². The number of nitrogens with zero attached hydrogens (tertiary/aromatic N) is 2. The largest absolute Gasteiger partial charge is 0.478 e. The molecule has 5 nitrogen and oxygen atoms in total. The van der Waals surface area contributed by atoms with Gasteiger partial charge in [-0.2, -0.15) is 5.10 Å². The van der Waals surface area contributed by atoms with E-state index in [1.54, 1.807) is 25.3 Å². The zero-order chi connectivity index (χ0) is 13.0. The number of aryl methyl sites for hydroxylation is 1. The SMILES string of the molecule is Cc1cc(NCCn2cccn2)ccc1C(=O)O. The van der Waals surface area contributed by atoms with Gasteiger partial charge in [-0.3, -0.25) is 4.68 Å². The number of benzene rings is 1. The van der Waals surface area contributed by atoms with E-state index in [0.29, 0.717) is 5.56 Å². The summed E-state index contributed by atoms with van der Waals surface area (Å²) in [6, 6.07) is 7.12. The first-order chi connectivity index (χ1) is 8.66. The molecule has 1 heterocycles. The van der Waals surface area contributed by atoms with Gasteiger partial charge in [0.05, 0.1) is 12.1 Å². The van der Waals surface area contributed by atoms with E-state index in [9.17, 15) is 4.79 Å². The third-order valence-electron chi connectivity index (χ3n) is 2.69. The zero-order valence-electron chi connectivity index (χ0n) is 10.1. The van der Waals surface area contributed by atoms with Crippen molar-refractivity contribution in [1.82, 2.24) is 9.78 Å². The van der Waals surface area contributed by atoms with Crippen molar-refractivity contribution < 1.29 is 9.90 Å². The first-order valence-corrected chi connectivity index (χ1v) is 5.72. The van der Waals surface area contributed by atoms with E-state index >= 15 is 0 Å². The Labute approximate surface area is 105 Å². The molecule has 18 heavy (non-hydrogen) atoms. The first-order valence-electron chi connectivity index (χ1n) is 5.72. The third kappa shape index (κ3) is 2.88. The Morgan fingerprint density at radius 2 is 2.33 bits per heavy atom. The number of nitrogens with one attached hydrogen (secondary N) is 1. The zero-order valence-corrected chi connectivity index (χ0v) is 10.1. The van der Waals surface area contributed by atoms with Crippen molar-refractivity contribution in [2.45, 2.75) is 13.5 Å². The first kappa shape index (κ1) is 12.2. The highest BCUT2D eigenvalue weighted by molar-refractivity contribution is 5.89. The number of hydrogen-bond acceptors (Lipinski definition) is 3. The molecule has 2 N–H and O–H groups in total. The molecule has 0 amide bonds. The molecule has 5 heteroatoms. The fraction of sp³-hybridized carbons (Fsp3) is 0.231. The van der Waals surface area contributed by atoms with Gasteiger partial charge in [-0.15, -0.1) is 0 Å². The standard InChI is InChI=1S/C13H15N3O2/c1-10-9-11(3-4-12(10)13(17)18)14-6-8-16-7-2-5-15-16/h2-5,7,9,14H,6,8H2,1H3,(H,17,18). The Morgan fingerprint density at radius 1 is 1.50 bits per heavy atom. The van der Waals surface area contributed by atoms with Crippen molar-refractivity contribution in [2.75, 3.05) is 11.9 Å². The normalized spacial score (nSPS) is 10.3. The highest BCUT2D eigenvalue weighted by Crippen LogP contribution is 2.14. The molecule has 0 radical (unpaired) electrons. The summed E-state index contributed by atoms with van der Waals surface area (Å²) >= 11 is 0. The number of anilines is 1. The molecule has 0 saturated heterocycles. The second-order valence-electron chi connectivity index (χ2n) is 4.03. The molecule has 0 aliphatic rings. The molecular formula is C13H15N3O2. The van der Waals surface area contributed by atoms with Gasteiger partial charge in [-0.1, -0.05) is 0 Å². The van der Waals surface area contributed by atoms with E-state index in [2.05, 4.69) is 10.4 Å². The molecule has 94 valence electrons. The number of rotatable bonds is 5. The monoisotopic (exact) mass is 245 g/mol. The van der Waals surface area contributed by atoms with Crippen LogP contribution in [0.5, 0.6) is 0 Å². The van der Waals surface area contributed by atoms with E-state index in [-0.39, 0.29) is 0 Å². The van der Waals surface area contributed by atoms with Crippen molar-refractivity contribution in [2.24, 2.45) is 0 Å². The van der Waals surface area contributed by atoms with Crippen molar-refractivity contribution >= 4 is 11.7 Å². The average Bonchev–Trinajstić information content (AvgIpc) is 2.81. The van der Waals surface area contributed by atoms with E-state index in [4.69, 9.17) is 5.11 Å². The summed E-state index contributed by atoms with van der Waals surface area (Å²) in [5, 5.41) is 16.3. The van der Waals surface area contributed by atoms with Gasteiger partial charge in [-0.25, -0.2) is 4.79 Å². The fourth-order valence-electron chi connectivity index (χ4n) is 1.76. The summed E-state index contributed by atoms with van der Waals surface area (Å²) in [7, 11) is 0. The van der Waals surface area contributed by atoms with Crippen molar-refractivity contribution in [3.05, 3.63) is 47.8 Å². The molecule has 0 saturated carbocycles. The number of carboxylic acids is 1. The van der Waals surface area contributed by atoms with Crippen molar-refractivity contribution in [3.63, 3.8) is 0 Å². The lowest BCUT2D eigenvalue weighted by Crippen LogP contribution is -2.11. The van der Waals surface area contributed by atoms with E-state index in [1.165, 1.54) is 0 Å². The molecule has 1 aromatic carbocycles. The van der Waals surface area contributed by atoms with Crippen molar-refractivity contribution in [3.8, 4) is 0 Å². The summed E-state index contributed by atoms with van der Waals surface area (Å²) in [5.74, 6) is -0.893. The summed E-state index contributed by atoms with van der Waals surface area (Å²) in [5.41, 5.74) is 2.02. The Bertz CT molecular complexity index is 535. The summed E-state index contributed by atoms with van der Waals surface area (Å²) in [6.45, 7) is 3.31. The summed E-state index contributed by atoms with van der Waals surface area (Å²) in [4.78, 5) is 10.9. The van der Waals surface area contributed by atoms with Gasteiger partial charge in [0.25, 0.3) is 0 Å². The van der Waals surface area contributed by atoms with Crippen LogP contribution in [0, 0.1) is 6.92 Å². The van der Waals surface area contributed by atoms with Crippen LogP contribution in [-0.2, 0) is 6.54 Å². The number of aromatic nitrogens is 2. The average molecular weight is 245 g/mol. The maximum absolute atomic E-state index is 10.9. The number of hydrogen-bond donors (Lipinski definition) is 2. The minimum absolute atomic E-state index is 0.340. The van der Waals surface area contributed by atoms with E-state index in [0.717, 1.165) is 24.3 Å². The summed E-state index contributed by atoms with van der Waals surface area (Å²) in [6.07, 6.45) is 3.65. The lowest BCUT2D eigenvalue weighted by Gasteiger charge is -2.08. The van der Waals surface area contributed by atoms with Crippen LogP contribution >= 0.6 is 0 Å². The van der Waals surface area contributed by atoms with Crippen LogP contribution in [0.25, 0.3) is 0 Å². The van der Waals surface area contributed by atoms with Crippen LogP contribution in [0.3, 0.4) is 0 Å². The van der Waals surface area contributed by atoms with E-state index < -0.39 is 5.97 Å². The predicted molar refractivity (Wildman–Crippen MR) is 68.9 cm³/mol. The molecule has 0 aliphatic heterocycles. The molecule has 0 unspecified atom stereocenters. The molecular weight excluding hydrogens is 230 g/mol. The van der Waals surface area contributed by atoms with Gasteiger partial charge < -0.3 is 10.4 Å². The molecule has 0 atom stereocenters. The van der Waals surface area contributed by atoms with Crippen molar-refractivity contribution in [1.29, 1.82) is 0 Å². The van der Waals surface area contributed by atoms with Crippen LogP contribution < -0.4 is 5.32 Å². The number of aromatic carboxylic acids is 1. The maximum Gasteiger partial charge on any atom is 0.335 e. The van der Waals surface area contributed by atoms with Gasteiger partial charge in [0, 0.05) is 24.6 Å². The molecule has 0 aliphatic carbocycles. The van der Waals surface area contributed by atoms with Gasteiger partial charge in [0.2, 0.25) is 0 Å². The van der Waals surface area contributed by atoms with Crippen LogP contribution in [0.15, 0.2) is 36.7 Å². The minimum atomic E-state index is -0.893.